The van der Waals surface area contributed by atoms with Gasteiger partial charge in [0.05, 0.1) is 16.7 Å². The van der Waals surface area contributed by atoms with Gasteiger partial charge in [-0.15, -0.1) is 0 Å². The summed E-state index contributed by atoms with van der Waals surface area (Å²) in [6.45, 7) is 3.37. The number of H-pyrrole nitrogens is 1. The standard InChI is InChI=1S/C25H33ClN6O3/c1-29(2)14-15-35-18-8-7-17(26)19-20(18)31(4)23(34)25(19)9-12-32(13-10-25)24-27-21-16(22(33)28-24)6-5-11-30(21)3/h7-8H,5-6,9-15H2,1-4H3,(H,27,28,33). The van der Waals surface area contributed by atoms with Gasteiger partial charge in [-0.05, 0) is 51.9 Å². The number of nitrogens with one attached hydrogen (secondary N) is 1. The number of carbonyl (C=O) groups is 1. The number of anilines is 3. The van der Waals surface area contributed by atoms with E-state index in [1.165, 1.54) is 0 Å². The molecule has 3 aliphatic rings. The third kappa shape index (κ3) is 3.94. The van der Waals surface area contributed by atoms with Crippen LogP contribution in [0.3, 0.4) is 0 Å². The van der Waals surface area contributed by atoms with Gasteiger partial charge in [0.15, 0.2) is 0 Å². The van der Waals surface area contributed by atoms with Crippen molar-refractivity contribution in [2.45, 2.75) is 31.1 Å². The van der Waals surface area contributed by atoms with E-state index in [1.807, 2.05) is 38.2 Å². The molecule has 1 amide bonds. The topological polar surface area (TPSA) is 85.0 Å². The Kier molecular flexibility index (Phi) is 6.17. The minimum Gasteiger partial charge on any atom is -0.490 e. The minimum absolute atomic E-state index is 0.0457. The summed E-state index contributed by atoms with van der Waals surface area (Å²) in [6, 6.07) is 3.69. The third-order valence-electron chi connectivity index (χ3n) is 7.59. The number of halogens is 1. The first-order chi connectivity index (χ1) is 16.7. The maximum atomic E-state index is 13.7. The first-order valence-corrected chi connectivity index (χ1v) is 12.6. The fraction of sp³-hybridized carbons (Fsp3) is 0.560. The van der Waals surface area contributed by atoms with Crippen LogP contribution in [0.4, 0.5) is 17.5 Å². The Balaban J connectivity index is 1.43. The van der Waals surface area contributed by atoms with Crippen LogP contribution in [-0.4, -0.2) is 81.8 Å². The van der Waals surface area contributed by atoms with E-state index in [2.05, 4.69) is 14.8 Å². The van der Waals surface area contributed by atoms with Crippen LogP contribution in [-0.2, 0) is 16.6 Å². The number of piperidine rings is 1. The molecule has 188 valence electrons. The predicted molar refractivity (Wildman–Crippen MR) is 138 cm³/mol. The predicted octanol–water partition coefficient (Wildman–Crippen LogP) is 2.26. The molecular formula is C25H33ClN6O3. The molecule has 3 aliphatic heterocycles. The number of likely N-dealkylation sites (N-methyl/N-ethyl adjacent to an activating group) is 2. The number of carbonyl (C=O) groups excluding carboxylic acids is 1. The van der Waals surface area contributed by atoms with Crippen molar-refractivity contribution in [1.29, 1.82) is 0 Å². The smallest absolute Gasteiger partial charge is 0.257 e. The summed E-state index contributed by atoms with van der Waals surface area (Å²) in [5, 5.41) is 0.591. The molecule has 2 aromatic rings. The number of nitrogens with zero attached hydrogens (tertiary/aromatic N) is 5. The number of rotatable bonds is 5. The molecule has 1 N–H and O–H groups in total. The van der Waals surface area contributed by atoms with Crippen LogP contribution in [0, 0.1) is 0 Å². The molecule has 1 aromatic carbocycles. The van der Waals surface area contributed by atoms with Crippen molar-refractivity contribution < 1.29 is 9.53 Å². The van der Waals surface area contributed by atoms with Crippen LogP contribution in [0.2, 0.25) is 5.02 Å². The van der Waals surface area contributed by atoms with E-state index in [0.717, 1.165) is 48.6 Å². The number of aromatic nitrogens is 2. The first kappa shape index (κ1) is 23.9. The Bertz CT molecular complexity index is 1200. The molecule has 0 unspecified atom stereocenters. The number of ether oxygens (including phenoxy) is 1. The van der Waals surface area contributed by atoms with Crippen molar-refractivity contribution in [3.63, 3.8) is 0 Å². The number of aromatic amines is 1. The van der Waals surface area contributed by atoms with Crippen LogP contribution in [0.1, 0.15) is 30.4 Å². The van der Waals surface area contributed by atoms with Gasteiger partial charge in [0, 0.05) is 50.9 Å². The van der Waals surface area contributed by atoms with Crippen LogP contribution in [0.15, 0.2) is 16.9 Å². The molecule has 35 heavy (non-hydrogen) atoms. The summed E-state index contributed by atoms with van der Waals surface area (Å²) >= 11 is 6.73. The molecule has 0 atom stereocenters. The molecule has 9 nitrogen and oxygen atoms in total. The van der Waals surface area contributed by atoms with Crippen LogP contribution in [0.25, 0.3) is 0 Å². The Morgan fingerprint density at radius 3 is 2.63 bits per heavy atom. The van der Waals surface area contributed by atoms with E-state index in [4.69, 9.17) is 21.3 Å². The summed E-state index contributed by atoms with van der Waals surface area (Å²) in [5.74, 6) is 2.07. The number of hydrogen-bond donors (Lipinski definition) is 1. The Morgan fingerprint density at radius 2 is 1.91 bits per heavy atom. The number of amides is 1. The normalized spacial score (nSPS) is 18.9. The summed E-state index contributed by atoms with van der Waals surface area (Å²) in [4.78, 5) is 42.1. The average Bonchev–Trinajstić information content (AvgIpc) is 3.04. The van der Waals surface area contributed by atoms with Gasteiger partial charge in [-0.2, -0.15) is 4.98 Å². The van der Waals surface area contributed by atoms with Gasteiger partial charge in [0.2, 0.25) is 11.9 Å². The second kappa shape index (κ2) is 9.02. The molecule has 0 aliphatic carbocycles. The molecule has 1 fully saturated rings. The zero-order valence-electron chi connectivity index (χ0n) is 20.9. The second-order valence-corrected chi connectivity index (χ2v) is 10.5. The summed E-state index contributed by atoms with van der Waals surface area (Å²) in [7, 11) is 7.77. The number of benzene rings is 1. The lowest BCUT2D eigenvalue weighted by molar-refractivity contribution is -0.123. The molecule has 0 radical (unpaired) electrons. The van der Waals surface area contributed by atoms with Crippen molar-refractivity contribution in [1.82, 2.24) is 14.9 Å². The van der Waals surface area contributed by atoms with E-state index in [0.29, 0.717) is 49.3 Å². The van der Waals surface area contributed by atoms with Gasteiger partial charge >= 0.3 is 0 Å². The quantitative estimate of drug-likeness (QED) is 0.674. The highest BCUT2D eigenvalue weighted by Crippen LogP contribution is 2.54. The summed E-state index contributed by atoms with van der Waals surface area (Å²) in [6.07, 6.45) is 2.87. The summed E-state index contributed by atoms with van der Waals surface area (Å²) in [5.41, 5.74) is 1.62. The lowest BCUT2D eigenvalue weighted by Crippen LogP contribution is -2.49. The van der Waals surface area contributed by atoms with E-state index >= 15 is 0 Å². The van der Waals surface area contributed by atoms with Crippen molar-refractivity contribution >= 4 is 35.0 Å². The summed E-state index contributed by atoms with van der Waals surface area (Å²) < 4.78 is 6.07. The Hall–Kier alpha value is -2.78. The lowest BCUT2D eigenvalue weighted by Gasteiger charge is -2.39. The van der Waals surface area contributed by atoms with Crippen LogP contribution in [0.5, 0.6) is 5.75 Å². The van der Waals surface area contributed by atoms with Crippen molar-refractivity contribution in [3.05, 3.63) is 38.6 Å². The van der Waals surface area contributed by atoms with E-state index in [9.17, 15) is 9.59 Å². The SMILES string of the molecule is CN(C)CCOc1ccc(Cl)c2c1N(C)C(=O)C21CCN(c2nc3c(c(=O)[nH]2)CCCN3C)CC1. The van der Waals surface area contributed by atoms with Gasteiger partial charge in [-0.1, -0.05) is 11.6 Å². The molecule has 0 bridgehead atoms. The van der Waals surface area contributed by atoms with Gasteiger partial charge in [-0.25, -0.2) is 0 Å². The Labute approximate surface area is 210 Å². The minimum atomic E-state index is -0.704. The maximum Gasteiger partial charge on any atom is 0.257 e. The van der Waals surface area contributed by atoms with Gasteiger partial charge < -0.3 is 24.3 Å². The molecule has 10 heteroatoms. The highest BCUT2D eigenvalue weighted by Gasteiger charge is 2.53. The molecule has 0 saturated carbocycles. The van der Waals surface area contributed by atoms with Crippen LogP contribution < -0.4 is 25.0 Å². The van der Waals surface area contributed by atoms with Gasteiger partial charge in [0.1, 0.15) is 18.2 Å². The molecule has 5 rings (SSSR count). The monoisotopic (exact) mass is 500 g/mol. The van der Waals surface area contributed by atoms with Gasteiger partial charge in [0.25, 0.3) is 5.56 Å². The highest BCUT2D eigenvalue weighted by atomic mass is 35.5. The largest absolute Gasteiger partial charge is 0.490 e. The molecular weight excluding hydrogens is 468 g/mol. The van der Waals surface area contributed by atoms with Crippen molar-refractivity contribution in [3.8, 4) is 5.75 Å². The van der Waals surface area contributed by atoms with Crippen molar-refractivity contribution in [2.75, 3.05) is 75.7 Å². The Morgan fingerprint density at radius 1 is 1.17 bits per heavy atom. The van der Waals surface area contributed by atoms with Gasteiger partial charge in [-0.3, -0.25) is 14.6 Å². The molecule has 1 spiro atoms. The first-order valence-electron chi connectivity index (χ1n) is 12.2. The molecule has 4 heterocycles. The van der Waals surface area contributed by atoms with E-state index in [1.54, 1.807) is 11.9 Å². The fourth-order valence-corrected chi connectivity index (χ4v) is 5.98. The third-order valence-corrected chi connectivity index (χ3v) is 7.91. The fourth-order valence-electron chi connectivity index (χ4n) is 5.65. The number of hydrogen-bond acceptors (Lipinski definition) is 7. The zero-order chi connectivity index (χ0) is 24.9. The van der Waals surface area contributed by atoms with E-state index in [-0.39, 0.29) is 11.5 Å². The van der Waals surface area contributed by atoms with Crippen LogP contribution >= 0.6 is 11.6 Å². The second-order valence-electron chi connectivity index (χ2n) is 10.1. The van der Waals surface area contributed by atoms with E-state index < -0.39 is 5.41 Å². The average molecular weight is 501 g/mol. The zero-order valence-corrected chi connectivity index (χ0v) is 21.6. The highest BCUT2D eigenvalue weighted by molar-refractivity contribution is 6.33. The number of fused-ring (bicyclic) bond motifs is 3. The molecule has 1 aromatic heterocycles. The molecule has 1 saturated heterocycles. The van der Waals surface area contributed by atoms with Crippen molar-refractivity contribution in [2.24, 2.45) is 0 Å². The maximum absolute atomic E-state index is 13.7. The lowest BCUT2D eigenvalue weighted by atomic mass is 9.73.